The first kappa shape index (κ1) is 18.2. The van der Waals surface area contributed by atoms with Gasteiger partial charge < -0.3 is 9.31 Å². The summed E-state index contributed by atoms with van der Waals surface area (Å²) in [6, 6.07) is 19.0. The first-order valence-electron chi connectivity index (χ1n) is 8.94. The van der Waals surface area contributed by atoms with Gasteiger partial charge in [0.2, 0.25) is 0 Å². The van der Waals surface area contributed by atoms with Crippen molar-refractivity contribution in [2.75, 3.05) is 7.05 Å². The molecule has 1 fully saturated rings. The monoisotopic (exact) mass is 337 g/mol. The number of benzene rings is 2. The van der Waals surface area contributed by atoms with Gasteiger partial charge in [-0.15, -0.1) is 0 Å². The molecule has 2 aromatic rings. The summed E-state index contributed by atoms with van der Waals surface area (Å²) in [7, 11) is 1.83. The summed E-state index contributed by atoms with van der Waals surface area (Å²) in [5.41, 5.74) is 3.06. The van der Waals surface area contributed by atoms with Crippen molar-refractivity contribution in [1.29, 1.82) is 0 Å². The molecule has 0 atom stereocenters. The van der Waals surface area contributed by atoms with Crippen LogP contribution in [0.25, 0.3) is 0 Å². The van der Waals surface area contributed by atoms with Crippen molar-refractivity contribution in [1.82, 2.24) is 4.90 Å². The van der Waals surface area contributed by atoms with Crippen LogP contribution in [0, 0.1) is 0 Å². The molecule has 25 heavy (non-hydrogen) atoms. The third-order valence-corrected chi connectivity index (χ3v) is 5.30. The van der Waals surface area contributed by atoms with E-state index in [1.54, 1.807) is 0 Å². The van der Waals surface area contributed by atoms with Gasteiger partial charge in [0, 0.05) is 13.1 Å². The van der Waals surface area contributed by atoms with E-state index in [0.29, 0.717) is 0 Å². The van der Waals surface area contributed by atoms with E-state index in [0.717, 1.165) is 18.6 Å². The maximum Gasteiger partial charge on any atom is 0.495 e. The lowest BCUT2D eigenvalue weighted by Crippen LogP contribution is -2.41. The second-order valence-corrected chi connectivity index (χ2v) is 7.94. The minimum atomic E-state index is -0.319. The van der Waals surface area contributed by atoms with Crippen LogP contribution in [0.1, 0.15) is 38.8 Å². The molecule has 2 aromatic carbocycles. The van der Waals surface area contributed by atoms with Crippen LogP contribution in [0.2, 0.25) is 0 Å². The molecule has 132 valence electrons. The van der Waals surface area contributed by atoms with Crippen LogP contribution >= 0.6 is 0 Å². The summed E-state index contributed by atoms with van der Waals surface area (Å²) in [5.74, 6) is 0. The lowest BCUT2D eigenvalue weighted by Gasteiger charge is -2.32. The fraction of sp³-hybridized carbons (Fsp3) is 0.429. The lowest BCUT2D eigenvalue weighted by atomic mass is 9.76. The molecule has 0 aromatic heterocycles. The molecule has 0 saturated carbocycles. The largest absolute Gasteiger partial charge is 0.495 e. The van der Waals surface area contributed by atoms with Crippen molar-refractivity contribution in [2.24, 2.45) is 0 Å². The second-order valence-electron chi connectivity index (χ2n) is 7.94. The van der Waals surface area contributed by atoms with Gasteiger partial charge in [-0.05, 0) is 51.3 Å². The van der Waals surface area contributed by atoms with E-state index >= 15 is 0 Å². The van der Waals surface area contributed by atoms with Crippen molar-refractivity contribution < 1.29 is 9.31 Å². The molecule has 0 N–H and O–H groups in total. The normalized spacial score (nSPS) is 18.7. The molecular weight excluding hydrogens is 309 g/mol. The molecular formula is C21H28BNO2. The zero-order chi connectivity index (χ0) is 18.1. The van der Waals surface area contributed by atoms with E-state index in [-0.39, 0.29) is 18.3 Å². The van der Waals surface area contributed by atoms with Gasteiger partial charge in [-0.25, -0.2) is 0 Å². The summed E-state index contributed by atoms with van der Waals surface area (Å²) >= 11 is 0. The molecule has 3 nitrogen and oxygen atoms in total. The number of nitrogens with zero attached hydrogens (tertiary/aromatic N) is 1. The number of rotatable bonds is 5. The standard InChI is InChI=1S/C21H28BNO2/c1-20(2)21(3,4)25-22(24-20)19-14-10-9-13-18(19)16-23(5)15-17-11-7-6-8-12-17/h6-14H,15-16H2,1-5H3. The summed E-state index contributed by atoms with van der Waals surface area (Å²) in [4.78, 5) is 2.32. The van der Waals surface area contributed by atoms with Crippen LogP contribution in [0.5, 0.6) is 0 Å². The van der Waals surface area contributed by atoms with E-state index in [1.165, 1.54) is 11.1 Å². The molecule has 1 saturated heterocycles. The Balaban J connectivity index is 1.76. The van der Waals surface area contributed by atoms with E-state index in [9.17, 15) is 0 Å². The van der Waals surface area contributed by atoms with E-state index < -0.39 is 0 Å². The first-order valence-corrected chi connectivity index (χ1v) is 8.94. The van der Waals surface area contributed by atoms with Crippen molar-refractivity contribution in [2.45, 2.75) is 52.0 Å². The Labute approximate surface area is 152 Å². The van der Waals surface area contributed by atoms with E-state index in [2.05, 4.69) is 94.2 Å². The van der Waals surface area contributed by atoms with Crippen molar-refractivity contribution >= 4 is 12.6 Å². The molecule has 1 heterocycles. The van der Waals surface area contributed by atoms with Gasteiger partial charge in [0.25, 0.3) is 0 Å². The Morgan fingerprint density at radius 3 is 2.00 bits per heavy atom. The van der Waals surface area contributed by atoms with Gasteiger partial charge in [-0.3, -0.25) is 4.90 Å². The van der Waals surface area contributed by atoms with Gasteiger partial charge in [0.05, 0.1) is 11.2 Å². The summed E-state index contributed by atoms with van der Waals surface area (Å²) in [5, 5.41) is 0. The average molecular weight is 337 g/mol. The van der Waals surface area contributed by atoms with Crippen LogP contribution in [-0.4, -0.2) is 30.3 Å². The van der Waals surface area contributed by atoms with Gasteiger partial charge in [-0.1, -0.05) is 54.6 Å². The fourth-order valence-electron chi connectivity index (χ4n) is 3.12. The highest BCUT2D eigenvalue weighted by atomic mass is 16.7. The molecule has 0 radical (unpaired) electrons. The lowest BCUT2D eigenvalue weighted by molar-refractivity contribution is 0.00578. The highest BCUT2D eigenvalue weighted by Crippen LogP contribution is 2.36. The van der Waals surface area contributed by atoms with Crippen LogP contribution in [-0.2, 0) is 22.4 Å². The number of hydrogen-bond donors (Lipinski definition) is 0. The Morgan fingerprint density at radius 2 is 1.36 bits per heavy atom. The topological polar surface area (TPSA) is 21.7 Å². The number of hydrogen-bond acceptors (Lipinski definition) is 3. The Morgan fingerprint density at radius 1 is 0.800 bits per heavy atom. The van der Waals surface area contributed by atoms with E-state index in [1.807, 2.05) is 0 Å². The predicted octanol–water partition coefficient (Wildman–Crippen LogP) is 3.62. The predicted molar refractivity (Wildman–Crippen MR) is 104 cm³/mol. The second kappa shape index (κ2) is 6.95. The highest BCUT2D eigenvalue weighted by molar-refractivity contribution is 6.62. The molecule has 0 spiro atoms. The summed E-state index contributed by atoms with van der Waals surface area (Å²) in [6.45, 7) is 10.1. The van der Waals surface area contributed by atoms with Crippen LogP contribution in [0.15, 0.2) is 54.6 Å². The van der Waals surface area contributed by atoms with Crippen molar-refractivity contribution in [3.8, 4) is 0 Å². The zero-order valence-electron chi connectivity index (χ0n) is 16.0. The summed E-state index contributed by atoms with van der Waals surface area (Å²) in [6.07, 6.45) is 0. The molecule has 0 amide bonds. The minimum Gasteiger partial charge on any atom is -0.399 e. The quantitative estimate of drug-likeness (QED) is 0.778. The third-order valence-electron chi connectivity index (χ3n) is 5.30. The fourth-order valence-corrected chi connectivity index (χ4v) is 3.12. The molecule has 1 aliphatic heterocycles. The smallest absolute Gasteiger partial charge is 0.399 e. The minimum absolute atomic E-state index is 0.314. The van der Waals surface area contributed by atoms with Crippen molar-refractivity contribution in [3.63, 3.8) is 0 Å². The Kier molecular flexibility index (Phi) is 5.05. The van der Waals surface area contributed by atoms with Crippen LogP contribution in [0.3, 0.4) is 0 Å². The van der Waals surface area contributed by atoms with Crippen LogP contribution in [0.4, 0.5) is 0 Å². The van der Waals surface area contributed by atoms with Gasteiger partial charge in [0.1, 0.15) is 0 Å². The van der Waals surface area contributed by atoms with Gasteiger partial charge in [0.15, 0.2) is 0 Å². The Bertz CT molecular complexity index is 699. The maximum atomic E-state index is 6.25. The SMILES string of the molecule is CN(Cc1ccccc1)Cc1ccccc1B1OC(C)(C)C(C)(C)O1. The van der Waals surface area contributed by atoms with Crippen molar-refractivity contribution in [3.05, 3.63) is 65.7 Å². The summed E-state index contributed by atoms with van der Waals surface area (Å²) < 4.78 is 12.5. The molecule has 0 aliphatic carbocycles. The average Bonchev–Trinajstić information content (AvgIpc) is 2.76. The molecule has 0 bridgehead atoms. The molecule has 3 rings (SSSR count). The zero-order valence-corrected chi connectivity index (χ0v) is 16.0. The maximum absolute atomic E-state index is 6.25. The molecule has 1 aliphatic rings. The van der Waals surface area contributed by atoms with Gasteiger partial charge in [-0.2, -0.15) is 0 Å². The van der Waals surface area contributed by atoms with E-state index in [4.69, 9.17) is 9.31 Å². The Hall–Kier alpha value is -1.62. The van der Waals surface area contributed by atoms with Crippen LogP contribution < -0.4 is 5.46 Å². The molecule has 0 unspecified atom stereocenters. The third kappa shape index (κ3) is 3.97. The first-order chi connectivity index (χ1) is 11.8. The van der Waals surface area contributed by atoms with Gasteiger partial charge >= 0.3 is 7.12 Å². The molecule has 4 heteroatoms. The highest BCUT2D eigenvalue weighted by Gasteiger charge is 2.52.